The van der Waals surface area contributed by atoms with E-state index in [1.54, 1.807) is 25.0 Å². The largest absolute Gasteiger partial charge is 0.452 e. The maximum atomic E-state index is 6.30. The number of nitrogens with zero attached hydrogens (tertiary/aromatic N) is 8. The molecule has 0 saturated heterocycles. The van der Waals surface area contributed by atoms with Gasteiger partial charge in [-0.1, -0.05) is 112 Å². The lowest BCUT2D eigenvalue weighted by Crippen LogP contribution is -2.32. The molecule has 1 saturated carbocycles. The summed E-state index contributed by atoms with van der Waals surface area (Å²) in [6.45, 7) is 10.5. The Bertz CT molecular complexity index is 6760. The van der Waals surface area contributed by atoms with Gasteiger partial charge in [-0.15, -0.1) is 0 Å². The van der Waals surface area contributed by atoms with Gasteiger partial charge in [0.1, 0.15) is 74.3 Å². The molecule has 0 bridgehead atoms. The van der Waals surface area contributed by atoms with Crippen LogP contribution < -0.4 is 18.3 Å². The van der Waals surface area contributed by atoms with Gasteiger partial charge in [-0.05, 0) is 136 Å². The molecule has 21 rings (SSSR count). The lowest BCUT2D eigenvalue weighted by molar-refractivity contribution is -0.663. The van der Waals surface area contributed by atoms with Gasteiger partial charge in [0.25, 0.3) is 42.6 Å². The third kappa shape index (κ3) is 10.7. The van der Waals surface area contributed by atoms with E-state index < -0.39 is 0 Å². The van der Waals surface area contributed by atoms with E-state index in [0.29, 0.717) is 23.3 Å². The number of hydrogen-bond donors (Lipinski definition) is 0. The Balaban J connectivity index is 0.0000000985. The van der Waals surface area contributed by atoms with Crippen LogP contribution in [0.4, 0.5) is 0 Å². The molecule has 12 heterocycles. The zero-order valence-corrected chi connectivity index (χ0v) is 58.6. The van der Waals surface area contributed by atoms with Crippen LogP contribution in [0, 0.1) is 34.6 Å². The van der Waals surface area contributed by atoms with Crippen molar-refractivity contribution in [2.45, 2.75) is 72.6 Å². The number of furan rings is 8. The summed E-state index contributed by atoms with van der Waals surface area (Å²) in [7, 11) is 8.06. The van der Waals surface area contributed by atoms with E-state index in [1.807, 2.05) is 145 Å². The van der Waals surface area contributed by atoms with Crippen LogP contribution in [0.15, 0.2) is 243 Å². The van der Waals surface area contributed by atoms with Crippen LogP contribution in [-0.2, 0) is 28.2 Å². The van der Waals surface area contributed by atoms with Gasteiger partial charge >= 0.3 is 0 Å². The Morgan fingerprint density at radius 1 is 0.320 bits per heavy atom. The Labute approximate surface area is 589 Å². The van der Waals surface area contributed by atoms with Crippen molar-refractivity contribution < 1.29 is 53.6 Å². The van der Waals surface area contributed by atoms with Gasteiger partial charge in [0.2, 0.25) is 0 Å². The van der Waals surface area contributed by atoms with E-state index in [0.717, 1.165) is 160 Å². The van der Waals surface area contributed by atoms with E-state index in [-0.39, 0.29) is 0 Å². The summed E-state index contributed by atoms with van der Waals surface area (Å²) in [6, 6.07) is 57.7. The number of aromatic nitrogens is 8. The van der Waals surface area contributed by atoms with Crippen LogP contribution in [-0.4, -0.2) is 19.9 Å². The molecule has 12 aromatic heterocycles. The first kappa shape index (κ1) is 62.7. The molecule has 1 aliphatic rings. The van der Waals surface area contributed by atoms with Crippen LogP contribution in [0.1, 0.15) is 71.7 Å². The van der Waals surface area contributed by atoms with E-state index in [4.69, 9.17) is 40.3 Å². The quantitative estimate of drug-likeness (QED) is 0.150. The van der Waals surface area contributed by atoms with Crippen LogP contribution in [0.2, 0.25) is 0 Å². The fourth-order valence-electron chi connectivity index (χ4n) is 15.4. The number of para-hydroxylation sites is 4. The SMILES string of the molecule is Cc1cc(-c2cc3oc4oc5ccccc5c4c3cc2C)[n+](C)cn1.Cc1cc2c(cc1-c1cc(C3CCCCC3)nc[n+]1C)oc1oc3ccccc3c12.Cc1cc2c(cc1-c1ccnc[n+]1C)oc1oc3ccccc3c12.Cc1ccc2c(oc3c4ccccc4oc23)c1-c1ccnc[n+]1C. The molecule has 504 valence electrons. The molecule has 16 nitrogen and oxygen atoms in total. The van der Waals surface area contributed by atoms with E-state index in [9.17, 15) is 0 Å². The molecule has 0 spiro atoms. The zero-order chi connectivity index (χ0) is 69.9. The maximum Gasteiger partial charge on any atom is 0.299 e. The molecule has 0 amide bonds. The molecule has 0 atom stereocenters. The molecule has 0 unspecified atom stereocenters. The second kappa shape index (κ2) is 25.0. The summed E-state index contributed by atoms with van der Waals surface area (Å²) in [5, 5.41) is 11.8. The molecule has 103 heavy (non-hydrogen) atoms. The summed E-state index contributed by atoms with van der Waals surface area (Å²) < 4.78 is 56.4. The standard InChI is InChI=1S/C26H25N2O2.C21H17N2O2.2C20H15N2O2/c1-16-12-20-24(30-26-25(20)18-10-6-7-11-23(18)29-26)13-19(16)22-14-21(27-15-28(22)2)17-8-4-3-5-9-17;1-12-8-16-19(10-15(12)17-9-13(2)22-11-23(17)3)25-21-20(16)14-6-4-5-7-18(14)24-21;1-12-9-15-18(10-14(12)16-7-8-21-11-22(16)2)24-20-19(15)13-5-3-4-6-17(13)23-20;1-12-7-8-14-18(17(12)15-9-10-21-11-22(15)2)24-19-13-5-3-4-6-16(13)23-20(14)19/h6-7,10-15,17H,3-5,8-9H2,1-2H3;4-11H,1-3H3;2*3-11H,1-2H3/q4*+1. The molecule has 0 radical (unpaired) electrons. The summed E-state index contributed by atoms with van der Waals surface area (Å²) in [5.41, 5.74) is 24.4. The summed E-state index contributed by atoms with van der Waals surface area (Å²) in [4.78, 5) is 17.4. The number of aryl methyl sites for hydroxylation is 9. The monoisotopic (exact) mass is 1360 g/mol. The highest BCUT2D eigenvalue weighted by atomic mass is 16.5. The molecule has 1 aliphatic carbocycles. The number of hydrogen-bond acceptors (Lipinski definition) is 12. The van der Waals surface area contributed by atoms with Crippen molar-refractivity contribution in [1.29, 1.82) is 0 Å². The van der Waals surface area contributed by atoms with E-state index in [2.05, 4.69) is 133 Å². The molecule has 0 aliphatic heterocycles. The summed E-state index contributed by atoms with van der Waals surface area (Å²) >= 11 is 0. The molecular weight excluding hydrogens is 1290 g/mol. The highest BCUT2D eigenvalue weighted by Gasteiger charge is 2.28. The second-order valence-electron chi connectivity index (χ2n) is 27.4. The van der Waals surface area contributed by atoms with Crippen molar-refractivity contribution in [2.75, 3.05) is 0 Å². The zero-order valence-electron chi connectivity index (χ0n) is 58.6. The minimum Gasteiger partial charge on any atom is -0.452 e. The van der Waals surface area contributed by atoms with Gasteiger partial charge in [0, 0.05) is 86.1 Å². The number of rotatable bonds is 5. The average molecular weight is 1360 g/mol. The van der Waals surface area contributed by atoms with Crippen LogP contribution >= 0.6 is 0 Å². The minimum atomic E-state index is 0.583. The molecule has 1 fully saturated rings. The highest BCUT2D eigenvalue weighted by molar-refractivity contribution is 6.20. The van der Waals surface area contributed by atoms with Gasteiger partial charge in [-0.25, -0.2) is 18.3 Å². The molecular formula is C87H72N8O8+4. The highest BCUT2D eigenvalue weighted by Crippen LogP contribution is 2.45. The topological polar surface area (TPSA) is 172 Å². The third-order valence-electron chi connectivity index (χ3n) is 20.6. The fourth-order valence-corrected chi connectivity index (χ4v) is 15.4. The van der Waals surface area contributed by atoms with Crippen molar-refractivity contribution >= 4 is 132 Å². The molecule has 0 N–H and O–H groups in total. The van der Waals surface area contributed by atoms with Gasteiger partial charge in [-0.3, -0.25) is 0 Å². The van der Waals surface area contributed by atoms with Crippen molar-refractivity contribution in [1.82, 2.24) is 19.9 Å². The molecule has 16 heteroatoms. The van der Waals surface area contributed by atoms with Crippen LogP contribution in [0.3, 0.4) is 0 Å². The van der Waals surface area contributed by atoms with Crippen molar-refractivity contribution in [3.63, 3.8) is 0 Å². The van der Waals surface area contributed by atoms with Crippen LogP contribution in [0.5, 0.6) is 0 Å². The van der Waals surface area contributed by atoms with Gasteiger partial charge < -0.3 is 35.3 Å². The third-order valence-corrected chi connectivity index (χ3v) is 20.6. The average Bonchev–Trinajstić information content (AvgIpc) is 1.61. The minimum absolute atomic E-state index is 0.583. The van der Waals surface area contributed by atoms with E-state index in [1.165, 1.54) is 65.7 Å². The first-order chi connectivity index (χ1) is 50.3. The number of fused-ring (bicyclic) bond motifs is 20. The predicted octanol–water partition coefficient (Wildman–Crippen LogP) is 20.5. The lowest BCUT2D eigenvalue weighted by Gasteiger charge is -2.19. The summed E-state index contributed by atoms with van der Waals surface area (Å²) in [5.74, 6) is 2.36. The van der Waals surface area contributed by atoms with Crippen molar-refractivity contribution in [3.8, 4) is 45.0 Å². The fraction of sp³-hybridized carbons (Fsp3) is 0.172. The van der Waals surface area contributed by atoms with Crippen molar-refractivity contribution in [2.24, 2.45) is 28.2 Å². The first-order valence-electron chi connectivity index (χ1n) is 34.9. The Morgan fingerprint density at radius 2 is 0.738 bits per heavy atom. The second-order valence-corrected chi connectivity index (χ2v) is 27.4. The van der Waals surface area contributed by atoms with Gasteiger partial charge in [-0.2, -0.15) is 0 Å². The Kier molecular flexibility index (Phi) is 15.2. The maximum absolute atomic E-state index is 6.30. The Morgan fingerprint density at radius 3 is 1.24 bits per heavy atom. The van der Waals surface area contributed by atoms with E-state index >= 15 is 0 Å². The smallest absolute Gasteiger partial charge is 0.299 e. The van der Waals surface area contributed by atoms with Crippen molar-refractivity contribution in [3.05, 3.63) is 241 Å². The number of benzene rings is 8. The molecule has 20 aromatic rings. The van der Waals surface area contributed by atoms with Crippen LogP contribution in [0.25, 0.3) is 177 Å². The van der Waals surface area contributed by atoms with Gasteiger partial charge in [0.15, 0.2) is 28.1 Å². The normalized spacial score (nSPS) is 12.9. The summed E-state index contributed by atoms with van der Waals surface area (Å²) in [6.07, 6.45) is 17.5. The first-order valence-corrected chi connectivity index (χ1v) is 34.9. The van der Waals surface area contributed by atoms with Gasteiger partial charge in [0.05, 0.1) is 60.7 Å². The molecule has 8 aromatic carbocycles. The predicted molar refractivity (Wildman–Crippen MR) is 401 cm³/mol. The Hall–Kier alpha value is -12.6. The lowest BCUT2D eigenvalue weighted by atomic mass is 9.86.